The SMILES string of the molecule is C=C(C)[C@@H]1CC[C@]2(C)CC[C@]3(C)[C@H](CC[C@@H]4[C@@]5(C)CC[C@](O)([n+]6ccccc6)C(C)(C)[C@@H]5CC[C@]43C)[C@@H]12. The van der Waals surface area contributed by atoms with Crippen molar-refractivity contribution in [2.45, 2.75) is 118 Å². The summed E-state index contributed by atoms with van der Waals surface area (Å²) in [5.41, 5.74) is 2.07. The van der Waals surface area contributed by atoms with Crippen LogP contribution in [0.1, 0.15) is 113 Å². The van der Waals surface area contributed by atoms with Crippen LogP contribution in [0.4, 0.5) is 0 Å². The van der Waals surface area contributed by atoms with E-state index in [1.54, 1.807) is 0 Å². The minimum atomic E-state index is -0.821. The van der Waals surface area contributed by atoms with Crippen LogP contribution < -0.4 is 4.57 Å². The summed E-state index contributed by atoms with van der Waals surface area (Å²) in [5, 5.41) is 12.3. The van der Waals surface area contributed by atoms with Gasteiger partial charge in [-0.15, -0.1) is 0 Å². The highest BCUT2D eigenvalue weighted by atomic mass is 16.3. The van der Waals surface area contributed by atoms with Gasteiger partial charge in [0.25, 0.3) is 5.72 Å². The van der Waals surface area contributed by atoms with Crippen molar-refractivity contribution >= 4 is 0 Å². The molecule has 0 aromatic carbocycles. The Bertz CT molecular complexity index is 1080. The Morgan fingerprint density at radius 2 is 1.46 bits per heavy atom. The quantitative estimate of drug-likeness (QED) is 0.318. The molecular weight excluding hydrogens is 450 g/mol. The predicted molar refractivity (Wildman–Crippen MR) is 151 cm³/mol. The van der Waals surface area contributed by atoms with Gasteiger partial charge in [-0.2, -0.15) is 4.57 Å². The molecule has 0 amide bonds. The molecule has 204 valence electrons. The van der Waals surface area contributed by atoms with Gasteiger partial charge in [0, 0.05) is 18.6 Å². The van der Waals surface area contributed by atoms with Gasteiger partial charge in [-0.25, -0.2) is 0 Å². The van der Waals surface area contributed by atoms with Gasteiger partial charge in [-0.1, -0.05) is 59.8 Å². The van der Waals surface area contributed by atoms with E-state index in [9.17, 15) is 5.11 Å². The highest BCUT2D eigenvalue weighted by Gasteiger charge is 2.73. The Balaban J connectivity index is 1.37. The normalized spacial score (nSPS) is 52.4. The summed E-state index contributed by atoms with van der Waals surface area (Å²) in [6.07, 6.45) is 17.1. The van der Waals surface area contributed by atoms with Crippen LogP contribution in [0.3, 0.4) is 0 Å². The molecule has 6 rings (SSSR count). The third-order valence-corrected chi connectivity index (χ3v) is 14.8. The van der Waals surface area contributed by atoms with E-state index >= 15 is 0 Å². The predicted octanol–water partition coefficient (Wildman–Crippen LogP) is 8.30. The first kappa shape index (κ1) is 26.1. The van der Waals surface area contributed by atoms with E-state index in [0.717, 1.165) is 36.5 Å². The maximum atomic E-state index is 12.3. The van der Waals surface area contributed by atoms with E-state index in [1.807, 2.05) is 0 Å². The van der Waals surface area contributed by atoms with Crippen molar-refractivity contribution in [2.24, 2.45) is 56.7 Å². The number of allylic oxidation sites excluding steroid dienone is 1. The Morgan fingerprint density at radius 1 is 0.757 bits per heavy atom. The first-order valence-corrected chi connectivity index (χ1v) is 15.6. The van der Waals surface area contributed by atoms with E-state index < -0.39 is 5.72 Å². The Kier molecular flexibility index (Phi) is 5.61. The molecule has 0 unspecified atom stereocenters. The summed E-state index contributed by atoms with van der Waals surface area (Å²) in [7, 11) is 0. The molecule has 0 radical (unpaired) electrons. The van der Waals surface area contributed by atoms with Gasteiger partial charge < -0.3 is 5.11 Å². The molecule has 0 aliphatic heterocycles. The molecule has 5 aliphatic rings. The maximum absolute atomic E-state index is 12.3. The monoisotopic (exact) mass is 504 g/mol. The van der Waals surface area contributed by atoms with Crippen molar-refractivity contribution in [1.82, 2.24) is 0 Å². The van der Waals surface area contributed by atoms with Crippen LogP contribution >= 0.6 is 0 Å². The van der Waals surface area contributed by atoms with Gasteiger partial charge in [-0.3, -0.25) is 0 Å². The van der Waals surface area contributed by atoms with Crippen LogP contribution in [-0.4, -0.2) is 5.11 Å². The lowest BCUT2D eigenvalue weighted by Crippen LogP contribution is -2.73. The molecule has 5 fully saturated rings. The molecule has 10 atom stereocenters. The average Bonchev–Trinajstić information content (AvgIpc) is 3.21. The number of pyridine rings is 1. The van der Waals surface area contributed by atoms with E-state index in [1.165, 1.54) is 56.9 Å². The Hall–Kier alpha value is -1.15. The van der Waals surface area contributed by atoms with Gasteiger partial charge in [0.05, 0.1) is 5.41 Å². The zero-order chi connectivity index (χ0) is 26.6. The van der Waals surface area contributed by atoms with Crippen LogP contribution in [-0.2, 0) is 5.72 Å². The van der Waals surface area contributed by atoms with E-state index in [4.69, 9.17) is 0 Å². The number of hydrogen-bond donors (Lipinski definition) is 1. The molecule has 0 spiro atoms. The van der Waals surface area contributed by atoms with Crippen LogP contribution in [0.5, 0.6) is 0 Å². The maximum Gasteiger partial charge on any atom is 0.275 e. The number of aliphatic hydroxyl groups is 1. The second-order valence-electron chi connectivity index (χ2n) is 16.2. The van der Waals surface area contributed by atoms with E-state index in [-0.39, 0.29) is 10.8 Å². The largest absolute Gasteiger partial charge is 0.334 e. The van der Waals surface area contributed by atoms with Gasteiger partial charge in [0.2, 0.25) is 0 Å². The highest BCUT2D eigenvalue weighted by molar-refractivity contribution is 5.21. The minimum absolute atomic E-state index is 0.174. The number of nitrogens with zero attached hydrogens (tertiary/aromatic N) is 1. The number of aromatic nitrogens is 1. The fourth-order valence-corrected chi connectivity index (χ4v) is 12.5. The number of hydrogen-bond acceptors (Lipinski definition) is 1. The molecule has 1 aromatic heterocycles. The Morgan fingerprint density at radius 3 is 2.14 bits per heavy atom. The average molecular weight is 505 g/mol. The van der Waals surface area contributed by atoms with Crippen molar-refractivity contribution < 1.29 is 9.67 Å². The van der Waals surface area contributed by atoms with Crippen molar-refractivity contribution in [3.63, 3.8) is 0 Å². The van der Waals surface area contributed by atoms with Crippen LogP contribution in [0.15, 0.2) is 42.7 Å². The molecule has 0 saturated heterocycles. The standard InChI is InChI=1S/C35H54NO/c1-24(2)25-14-16-31(5)18-20-33(7)26(29(25)31)12-13-28-32(6)19-21-35(37,36-22-10-9-11-23-36)30(3,4)27(32)15-17-34(28,33)8/h9-11,22-23,25-29,37H,1,12-21H2,2-8H3/q+1/t25-,26+,27-,28+,29+,31+,32-,33+,34+,35+/m0/s1. The van der Waals surface area contributed by atoms with Gasteiger partial charge in [0.1, 0.15) is 0 Å². The summed E-state index contributed by atoms with van der Waals surface area (Å²) < 4.78 is 2.12. The van der Waals surface area contributed by atoms with Gasteiger partial charge in [0.15, 0.2) is 12.4 Å². The lowest BCUT2D eigenvalue weighted by molar-refractivity contribution is -0.830. The second-order valence-corrected chi connectivity index (χ2v) is 16.2. The first-order chi connectivity index (χ1) is 17.2. The molecule has 2 heteroatoms. The highest BCUT2D eigenvalue weighted by Crippen LogP contribution is 2.78. The van der Waals surface area contributed by atoms with E-state index in [2.05, 4.69) is 90.2 Å². The summed E-state index contributed by atoms with van der Waals surface area (Å²) >= 11 is 0. The first-order valence-electron chi connectivity index (χ1n) is 15.6. The van der Waals surface area contributed by atoms with Crippen LogP contribution in [0.2, 0.25) is 0 Å². The molecule has 37 heavy (non-hydrogen) atoms. The lowest BCUT2D eigenvalue weighted by atomic mass is 9.32. The molecule has 1 heterocycles. The van der Waals surface area contributed by atoms with Gasteiger partial charge >= 0.3 is 0 Å². The molecule has 0 bridgehead atoms. The molecule has 1 aromatic rings. The summed E-state index contributed by atoms with van der Waals surface area (Å²) in [6.45, 7) is 22.4. The third-order valence-electron chi connectivity index (χ3n) is 14.8. The van der Waals surface area contributed by atoms with E-state index in [0.29, 0.717) is 22.2 Å². The molecule has 1 N–H and O–H groups in total. The van der Waals surface area contributed by atoms with Crippen LogP contribution in [0, 0.1) is 56.7 Å². The van der Waals surface area contributed by atoms with Gasteiger partial charge in [-0.05, 0) is 116 Å². The number of rotatable bonds is 2. The smallest absolute Gasteiger partial charge is 0.275 e. The Labute approximate surface area is 227 Å². The molecular formula is C35H54NO+. The summed E-state index contributed by atoms with van der Waals surface area (Å²) in [4.78, 5) is 0. The van der Waals surface area contributed by atoms with Crippen molar-refractivity contribution in [2.75, 3.05) is 0 Å². The van der Waals surface area contributed by atoms with Crippen molar-refractivity contribution in [1.29, 1.82) is 0 Å². The summed E-state index contributed by atoms with van der Waals surface area (Å²) in [6, 6.07) is 6.20. The summed E-state index contributed by atoms with van der Waals surface area (Å²) in [5.74, 6) is 3.68. The van der Waals surface area contributed by atoms with Crippen LogP contribution in [0.25, 0.3) is 0 Å². The third kappa shape index (κ3) is 3.12. The molecule has 5 aliphatic carbocycles. The fraction of sp³-hybridized carbons (Fsp3) is 0.800. The second kappa shape index (κ2) is 7.96. The van der Waals surface area contributed by atoms with Crippen molar-refractivity contribution in [3.05, 3.63) is 42.7 Å². The minimum Gasteiger partial charge on any atom is -0.334 e. The zero-order valence-electron chi connectivity index (χ0n) is 24.9. The molecule has 2 nitrogen and oxygen atoms in total. The fourth-order valence-electron chi connectivity index (χ4n) is 12.5. The van der Waals surface area contributed by atoms with Crippen molar-refractivity contribution in [3.8, 4) is 0 Å². The number of fused-ring (bicyclic) bond motifs is 7. The topological polar surface area (TPSA) is 24.1 Å². The lowest BCUT2D eigenvalue weighted by Gasteiger charge is -2.73. The molecule has 5 saturated carbocycles. The zero-order valence-corrected chi connectivity index (χ0v) is 24.9.